The SMILES string of the molecule is O=C(N/N=C\c1ccc2c(c1)OCO2)c1ccc(NCc2ccccc2)cc1. The van der Waals surface area contributed by atoms with Gasteiger partial charge in [-0.15, -0.1) is 0 Å². The lowest BCUT2D eigenvalue weighted by atomic mass is 10.2. The summed E-state index contributed by atoms with van der Waals surface area (Å²) in [5.41, 5.74) is 6.02. The molecule has 0 saturated carbocycles. The van der Waals surface area contributed by atoms with Gasteiger partial charge in [-0.3, -0.25) is 4.79 Å². The van der Waals surface area contributed by atoms with E-state index >= 15 is 0 Å². The van der Waals surface area contributed by atoms with Crippen molar-refractivity contribution in [3.63, 3.8) is 0 Å². The summed E-state index contributed by atoms with van der Waals surface area (Å²) in [5, 5.41) is 7.33. The average molecular weight is 373 g/mol. The number of carbonyl (C=O) groups is 1. The molecule has 0 aliphatic carbocycles. The number of ether oxygens (including phenoxy) is 2. The van der Waals surface area contributed by atoms with Crippen LogP contribution in [-0.2, 0) is 6.54 Å². The summed E-state index contributed by atoms with van der Waals surface area (Å²) in [6.07, 6.45) is 1.57. The van der Waals surface area contributed by atoms with Crippen LogP contribution >= 0.6 is 0 Å². The van der Waals surface area contributed by atoms with Crippen LogP contribution < -0.4 is 20.2 Å². The Morgan fingerprint density at radius 2 is 1.75 bits per heavy atom. The maximum Gasteiger partial charge on any atom is 0.271 e. The van der Waals surface area contributed by atoms with Crippen molar-refractivity contribution in [3.8, 4) is 11.5 Å². The predicted molar refractivity (Wildman–Crippen MR) is 108 cm³/mol. The third kappa shape index (κ3) is 4.29. The first-order valence-electron chi connectivity index (χ1n) is 8.89. The highest BCUT2D eigenvalue weighted by molar-refractivity contribution is 5.95. The van der Waals surface area contributed by atoms with Gasteiger partial charge < -0.3 is 14.8 Å². The van der Waals surface area contributed by atoms with Crippen molar-refractivity contribution in [2.45, 2.75) is 6.54 Å². The number of amides is 1. The first-order valence-corrected chi connectivity index (χ1v) is 8.89. The lowest BCUT2D eigenvalue weighted by Gasteiger charge is -2.07. The third-order valence-corrected chi connectivity index (χ3v) is 4.26. The summed E-state index contributed by atoms with van der Waals surface area (Å²) in [6, 6.07) is 22.9. The summed E-state index contributed by atoms with van der Waals surface area (Å²) < 4.78 is 10.6. The highest BCUT2D eigenvalue weighted by atomic mass is 16.7. The molecule has 0 atom stereocenters. The number of anilines is 1. The largest absolute Gasteiger partial charge is 0.454 e. The van der Waals surface area contributed by atoms with E-state index in [1.807, 2.05) is 48.5 Å². The van der Waals surface area contributed by atoms with Crippen LogP contribution in [0.15, 0.2) is 77.9 Å². The molecule has 0 spiro atoms. The first kappa shape index (κ1) is 17.6. The molecule has 0 saturated heterocycles. The fraction of sp³-hybridized carbons (Fsp3) is 0.0909. The second-order valence-corrected chi connectivity index (χ2v) is 6.23. The minimum absolute atomic E-state index is 0.225. The Morgan fingerprint density at radius 1 is 0.964 bits per heavy atom. The van der Waals surface area contributed by atoms with Gasteiger partial charge in [0.05, 0.1) is 6.21 Å². The van der Waals surface area contributed by atoms with Crippen molar-refractivity contribution < 1.29 is 14.3 Å². The molecule has 0 radical (unpaired) electrons. The number of hydrogen-bond acceptors (Lipinski definition) is 5. The summed E-state index contributed by atoms with van der Waals surface area (Å²) >= 11 is 0. The van der Waals surface area contributed by atoms with E-state index in [0.29, 0.717) is 17.1 Å². The first-order chi connectivity index (χ1) is 13.8. The van der Waals surface area contributed by atoms with Crippen LogP contribution in [-0.4, -0.2) is 18.9 Å². The minimum Gasteiger partial charge on any atom is -0.454 e. The van der Waals surface area contributed by atoms with Crippen molar-refractivity contribution in [1.82, 2.24) is 5.43 Å². The fourth-order valence-electron chi connectivity index (χ4n) is 2.76. The Hall–Kier alpha value is -3.80. The fourth-order valence-corrected chi connectivity index (χ4v) is 2.76. The Balaban J connectivity index is 1.31. The maximum absolute atomic E-state index is 12.2. The van der Waals surface area contributed by atoms with Gasteiger partial charge in [-0.2, -0.15) is 5.10 Å². The molecule has 28 heavy (non-hydrogen) atoms. The quantitative estimate of drug-likeness (QED) is 0.509. The van der Waals surface area contributed by atoms with E-state index in [1.165, 1.54) is 5.56 Å². The van der Waals surface area contributed by atoms with Gasteiger partial charge in [0.15, 0.2) is 11.5 Å². The van der Waals surface area contributed by atoms with Gasteiger partial charge in [-0.25, -0.2) is 5.43 Å². The van der Waals surface area contributed by atoms with Gasteiger partial charge in [0, 0.05) is 17.8 Å². The summed E-state index contributed by atoms with van der Waals surface area (Å²) in [7, 11) is 0. The molecule has 1 heterocycles. The van der Waals surface area contributed by atoms with Crippen LogP contribution in [0, 0.1) is 0 Å². The summed E-state index contributed by atoms with van der Waals surface area (Å²) in [4.78, 5) is 12.2. The number of hydrogen-bond donors (Lipinski definition) is 2. The number of benzene rings is 3. The second kappa shape index (κ2) is 8.26. The molecule has 6 heteroatoms. The van der Waals surface area contributed by atoms with Crippen LogP contribution in [0.2, 0.25) is 0 Å². The van der Waals surface area contributed by atoms with Crippen molar-refractivity contribution in [1.29, 1.82) is 0 Å². The third-order valence-electron chi connectivity index (χ3n) is 4.26. The Labute approximate surface area is 162 Å². The van der Waals surface area contributed by atoms with E-state index in [4.69, 9.17) is 9.47 Å². The van der Waals surface area contributed by atoms with Crippen LogP contribution in [0.3, 0.4) is 0 Å². The van der Waals surface area contributed by atoms with Gasteiger partial charge >= 0.3 is 0 Å². The molecule has 4 rings (SSSR count). The lowest BCUT2D eigenvalue weighted by molar-refractivity contribution is 0.0955. The maximum atomic E-state index is 12.2. The average Bonchev–Trinajstić information content (AvgIpc) is 3.21. The van der Waals surface area contributed by atoms with Gasteiger partial charge in [0.2, 0.25) is 6.79 Å². The molecule has 1 aliphatic heterocycles. The molecule has 0 aromatic heterocycles. The van der Waals surface area contributed by atoms with Crippen molar-refractivity contribution >= 4 is 17.8 Å². The van der Waals surface area contributed by atoms with Crippen LogP contribution in [0.1, 0.15) is 21.5 Å². The molecule has 0 bridgehead atoms. The Morgan fingerprint density at radius 3 is 2.57 bits per heavy atom. The standard InChI is InChI=1S/C22H19N3O3/c26-22(25-24-14-17-6-11-20-21(12-17)28-15-27-20)18-7-9-19(10-8-18)23-13-16-4-2-1-3-5-16/h1-12,14,23H,13,15H2,(H,25,26)/b24-14-. The number of fused-ring (bicyclic) bond motifs is 1. The molecule has 3 aromatic rings. The van der Waals surface area contributed by atoms with E-state index in [-0.39, 0.29) is 12.7 Å². The molecule has 2 N–H and O–H groups in total. The van der Waals surface area contributed by atoms with Gasteiger partial charge in [-0.1, -0.05) is 30.3 Å². The second-order valence-electron chi connectivity index (χ2n) is 6.23. The topological polar surface area (TPSA) is 72.0 Å². The van der Waals surface area contributed by atoms with E-state index in [9.17, 15) is 4.79 Å². The molecule has 6 nitrogen and oxygen atoms in total. The molecule has 1 amide bonds. The van der Waals surface area contributed by atoms with E-state index < -0.39 is 0 Å². The van der Waals surface area contributed by atoms with Crippen LogP contribution in [0.5, 0.6) is 11.5 Å². The highest BCUT2D eigenvalue weighted by Crippen LogP contribution is 2.31. The van der Waals surface area contributed by atoms with E-state index in [0.717, 1.165) is 17.8 Å². The lowest BCUT2D eigenvalue weighted by Crippen LogP contribution is -2.17. The number of hydrazone groups is 1. The molecular formula is C22H19N3O3. The van der Waals surface area contributed by atoms with E-state index in [2.05, 4.69) is 28.0 Å². The zero-order valence-corrected chi connectivity index (χ0v) is 15.1. The molecule has 140 valence electrons. The predicted octanol–water partition coefficient (Wildman–Crippen LogP) is 3.79. The van der Waals surface area contributed by atoms with Gasteiger partial charge in [-0.05, 0) is 53.6 Å². The Kier molecular flexibility index (Phi) is 5.20. The monoisotopic (exact) mass is 373 g/mol. The number of nitrogens with zero attached hydrogens (tertiary/aromatic N) is 1. The van der Waals surface area contributed by atoms with Gasteiger partial charge in [0.1, 0.15) is 0 Å². The van der Waals surface area contributed by atoms with E-state index in [1.54, 1.807) is 18.3 Å². The zero-order chi connectivity index (χ0) is 19.2. The molecule has 0 unspecified atom stereocenters. The van der Waals surface area contributed by atoms with Crippen molar-refractivity contribution in [2.24, 2.45) is 5.10 Å². The minimum atomic E-state index is -0.272. The molecule has 0 fully saturated rings. The molecule has 3 aromatic carbocycles. The smallest absolute Gasteiger partial charge is 0.271 e. The van der Waals surface area contributed by atoms with Crippen LogP contribution in [0.25, 0.3) is 0 Å². The number of nitrogens with one attached hydrogen (secondary N) is 2. The molecule has 1 aliphatic rings. The van der Waals surface area contributed by atoms with Crippen molar-refractivity contribution in [2.75, 3.05) is 12.1 Å². The highest BCUT2D eigenvalue weighted by Gasteiger charge is 2.12. The Bertz CT molecular complexity index is 986. The molecular weight excluding hydrogens is 354 g/mol. The van der Waals surface area contributed by atoms with Crippen LogP contribution in [0.4, 0.5) is 5.69 Å². The van der Waals surface area contributed by atoms with Gasteiger partial charge in [0.25, 0.3) is 5.91 Å². The normalized spacial score (nSPS) is 12.1. The number of carbonyl (C=O) groups excluding carboxylic acids is 1. The zero-order valence-electron chi connectivity index (χ0n) is 15.1. The summed E-state index contributed by atoms with van der Waals surface area (Å²) in [5.74, 6) is 1.11. The number of rotatable bonds is 6. The summed E-state index contributed by atoms with van der Waals surface area (Å²) in [6.45, 7) is 0.953. The van der Waals surface area contributed by atoms with Crippen molar-refractivity contribution in [3.05, 3.63) is 89.5 Å².